The Labute approximate surface area is 99.9 Å². The lowest BCUT2D eigenvalue weighted by atomic mass is 9.94. The third kappa shape index (κ3) is 2.64. The highest BCUT2D eigenvalue weighted by atomic mass is 19.1. The molecule has 0 saturated carbocycles. The molecule has 0 radical (unpaired) electrons. The summed E-state index contributed by atoms with van der Waals surface area (Å²) in [5.41, 5.74) is 1.25. The maximum atomic E-state index is 13.4. The Morgan fingerprint density at radius 2 is 2.06 bits per heavy atom. The predicted molar refractivity (Wildman–Crippen MR) is 62.9 cm³/mol. The normalized spacial score (nSPS) is 25.8. The Bertz CT molecular complexity index is 404. The van der Waals surface area contributed by atoms with Gasteiger partial charge in [0.05, 0.1) is 5.56 Å². The average molecular weight is 237 g/mol. The van der Waals surface area contributed by atoms with E-state index in [1.807, 2.05) is 7.05 Å². The fourth-order valence-electron chi connectivity index (χ4n) is 2.28. The standard InChI is InChI=1S/C13H16FNO2/c1-15-7-6-11(14)8-12(15)9-2-4-10(5-3-9)13(16)17/h2-5,11-12H,6-8H2,1H3,(H,16,17). The molecule has 0 amide bonds. The van der Waals surface area contributed by atoms with Crippen molar-refractivity contribution in [3.63, 3.8) is 0 Å². The van der Waals surface area contributed by atoms with Gasteiger partial charge in [0.15, 0.2) is 0 Å². The fraction of sp³-hybridized carbons (Fsp3) is 0.462. The zero-order valence-electron chi connectivity index (χ0n) is 9.77. The highest BCUT2D eigenvalue weighted by molar-refractivity contribution is 5.87. The molecule has 1 aliphatic rings. The highest BCUT2D eigenvalue weighted by Crippen LogP contribution is 2.31. The molecule has 1 aromatic carbocycles. The van der Waals surface area contributed by atoms with Crippen LogP contribution in [0, 0.1) is 0 Å². The Balaban J connectivity index is 2.18. The van der Waals surface area contributed by atoms with Crippen molar-refractivity contribution >= 4 is 5.97 Å². The van der Waals surface area contributed by atoms with E-state index < -0.39 is 12.1 Å². The monoisotopic (exact) mass is 237 g/mol. The maximum absolute atomic E-state index is 13.4. The molecule has 2 unspecified atom stereocenters. The molecular weight excluding hydrogens is 221 g/mol. The number of carboxylic acids is 1. The van der Waals surface area contributed by atoms with Crippen LogP contribution >= 0.6 is 0 Å². The van der Waals surface area contributed by atoms with Gasteiger partial charge in [0, 0.05) is 12.6 Å². The summed E-state index contributed by atoms with van der Waals surface area (Å²) in [6, 6.07) is 6.77. The van der Waals surface area contributed by atoms with E-state index in [9.17, 15) is 9.18 Å². The largest absolute Gasteiger partial charge is 0.478 e. The zero-order valence-corrected chi connectivity index (χ0v) is 9.77. The van der Waals surface area contributed by atoms with Crippen LogP contribution in [0.25, 0.3) is 0 Å². The first-order chi connectivity index (χ1) is 8.08. The molecule has 1 N–H and O–H groups in total. The van der Waals surface area contributed by atoms with Crippen molar-refractivity contribution in [2.75, 3.05) is 13.6 Å². The fourth-order valence-corrected chi connectivity index (χ4v) is 2.28. The van der Waals surface area contributed by atoms with Crippen LogP contribution in [0.5, 0.6) is 0 Å². The zero-order chi connectivity index (χ0) is 12.4. The van der Waals surface area contributed by atoms with E-state index in [0.717, 1.165) is 12.1 Å². The summed E-state index contributed by atoms with van der Waals surface area (Å²) >= 11 is 0. The molecule has 1 saturated heterocycles. The van der Waals surface area contributed by atoms with Crippen molar-refractivity contribution in [3.05, 3.63) is 35.4 Å². The second-order valence-electron chi connectivity index (χ2n) is 4.55. The third-order valence-electron chi connectivity index (χ3n) is 3.35. The first kappa shape index (κ1) is 12.0. The lowest BCUT2D eigenvalue weighted by molar-refractivity contribution is 0.0696. The van der Waals surface area contributed by atoms with Gasteiger partial charge < -0.3 is 5.11 Å². The van der Waals surface area contributed by atoms with Crippen LogP contribution in [0.2, 0.25) is 0 Å². The second-order valence-corrected chi connectivity index (χ2v) is 4.55. The smallest absolute Gasteiger partial charge is 0.335 e. The molecule has 1 heterocycles. The number of carbonyl (C=O) groups is 1. The van der Waals surface area contributed by atoms with E-state index in [1.165, 1.54) is 0 Å². The van der Waals surface area contributed by atoms with Crippen LogP contribution in [0.15, 0.2) is 24.3 Å². The number of likely N-dealkylation sites (tertiary alicyclic amines) is 1. The van der Waals surface area contributed by atoms with E-state index in [2.05, 4.69) is 4.90 Å². The third-order valence-corrected chi connectivity index (χ3v) is 3.35. The Kier molecular flexibility index (Phi) is 3.43. The number of benzene rings is 1. The summed E-state index contributed by atoms with van der Waals surface area (Å²) in [5.74, 6) is -0.933. The summed E-state index contributed by atoms with van der Waals surface area (Å²) in [6.07, 6.45) is 0.318. The number of halogens is 1. The summed E-state index contributed by atoms with van der Waals surface area (Å²) in [6.45, 7) is 0.743. The summed E-state index contributed by atoms with van der Waals surface area (Å²) < 4.78 is 13.4. The highest BCUT2D eigenvalue weighted by Gasteiger charge is 2.26. The number of carboxylic acid groups (broad SMARTS) is 1. The van der Waals surface area contributed by atoms with Gasteiger partial charge in [-0.25, -0.2) is 9.18 Å². The molecule has 1 aromatic rings. The van der Waals surface area contributed by atoms with Gasteiger partial charge in [0.2, 0.25) is 0 Å². The van der Waals surface area contributed by atoms with Crippen molar-refractivity contribution in [1.82, 2.24) is 4.90 Å². The van der Waals surface area contributed by atoms with Crippen molar-refractivity contribution < 1.29 is 14.3 Å². The molecule has 2 atom stereocenters. The molecular formula is C13H16FNO2. The first-order valence-corrected chi connectivity index (χ1v) is 5.75. The molecule has 17 heavy (non-hydrogen) atoms. The van der Waals surface area contributed by atoms with Crippen LogP contribution < -0.4 is 0 Å². The van der Waals surface area contributed by atoms with E-state index in [0.29, 0.717) is 12.8 Å². The Hall–Kier alpha value is -1.42. The predicted octanol–water partition coefficient (Wildman–Crippen LogP) is 2.49. The first-order valence-electron chi connectivity index (χ1n) is 5.75. The van der Waals surface area contributed by atoms with E-state index in [4.69, 9.17) is 5.11 Å². The van der Waals surface area contributed by atoms with Gasteiger partial charge in [-0.2, -0.15) is 0 Å². The second kappa shape index (κ2) is 4.84. The van der Waals surface area contributed by atoms with Crippen molar-refractivity contribution in [2.45, 2.75) is 25.1 Å². The van der Waals surface area contributed by atoms with Crippen LogP contribution in [0.1, 0.15) is 34.8 Å². The van der Waals surface area contributed by atoms with Crippen molar-refractivity contribution in [1.29, 1.82) is 0 Å². The number of hydrogen-bond acceptors (Lipinski definition) is 2. The lowest BCUT2D eigenvalue weighted by Gasteiger charge is -2.34. The SMILES string of the molecule is CN1CCC(F)CC1c1ccc(C(=O)O)cc1. The summed E-state index contributed by atoms with van der Waals surface area (Å²) in [7, 11) is 1.97. The molecule has 1 aliphatic heterocycles. The number of hydrogen-bond donors (Lipinski definition) is 1. The van der Waals surface area contributed by atoms with Gasteiger partial charge in [0.25, 0.3) is 0 Å². The minimum atomic E-state index is -0.933. The van der Waals surface area contributed by atoms with Gasteiger partial charge in [-0.15, -0.1) is 0 Å². The molecule has 92 valence electrons. The molecule has 0 aromatic heterocycles. The van der Waals surface area contributed by atoms with Crippen molar-refractivity contribution in [3.8, 4) is 0 Å². The van der Waals surface area contributed by atoms with Crippen LogP contribution in [0.3, 0.4) is 0 Å². The van der Waals surface area contributed by atoms with Gasteiger partial charge >= 0.3 is 5.97 Å². The molecule has 3 nitrogen and oxygen atoms in total. The van der Waals surface area contributed by atoms with E-state index in [1.54, 1.807) is 24.3 Å². The Morgan fingerprint density at radius 3 is 2.65 bits per heavy atom. The number of aromatic carboxylic acids is 1. The number of alkyl halides is 1. The van der Waals surface area contributed by atoms with Gasteiger partial charge in [0.1, 0.15) is 6.17 Å². The minimum Gasteiger partial charge on any atom is -0.478 e. The molecule has 0 aliphatic carbocycles. The average Bonchev–Trinajstić information content (AvgIpc) is 2.32. The topological polar surface area (TPSA) is 40.5 Å². The quantitative estimate of drug-likeness (QED) is 0.859. The number of nitrogens with zero attached hydrogens (tertiary/aromatic N) is 1. The molecule has 4 heteroatoms. The molecule has 1 fully saturated rings. The van der Waals surface area contributed by atoms with E-state index in [-0.39, 0.29) is 11.6 Å². The van der Waals surface area contributed by atoms with Gasteiger partial charge in [-0.3, -0.25) is 4.90 Å². The summed E-state index contributed by atoms with van der Waals surface area (Å²) in [4.78, 5) is 12.9. The minimum absolute atomic E-state index is 0.0570. The van der Waals surface area contributed by atoms with Crippen LogP contribution in [-0.4, -0.2) is 35.7 Å². The lowest BCUT2D eigenvalue weighted by Crippen LogP contribution is -2.34. The number of piperidine rings is 1. The van der Waals surface area contributed by atoms with Crippen LogP contribution in [-0.2, 0) is 0 Å². The van der Waals surface area contributed by atoms with Gasteiger partial charge in [-0.05, 0) is 37.6 Å². The van der Waals surface area contributed by atoms with Gasteiger partial charge in [-0.1, -0.05) is 12.1 Å². The van der Waals surface area contributed by atoms with Crippen LogP contribution in [0.4, 0.5) is 4.39 Å². The van der Waals surface area contributed by atoms with E-state index >= 15 is 0 Å². The molecule has 0 spiro atoms. The van der Waals surface area contributed by atoms with Crippen molar-refractivity contribution in [2.24, 2.45) is 0 Å². The maximum Gasteiger partial charge on any atom is 0.335 e. The molecule has 0 bridgehead atoms. The Morgan fingerprint density at radius 1 is 1.41 bits per heavy atom. The summed E-state index contributed by atoms with van der Waals surface area (Å²) in [5, 5.41) is 8.81. The molecule has 2 rings (SSSR count). The number of rotatable bonds is 2.